The number of nitrogens with one attached hydrogen (secondary N) is 3. The zero-order valence-electron chi connectivity index (χ0n) is 26.7. The fraction of sp³-hybridized carbons (Fsp3) is 0.406. The number of esters is 1. The van der Waals surface area contributed by atoms with Crippen LogP contribution in [0.1, 0.15) is 33.6 Å². The number of hydrogen-bond acceptors (Lipinski definition) is 9. The largest absolute Gasteiger partial charge is 0.482 e. The van der Waals surface area contributed by atoms with Gasteiger partial charge in [0.1, 0.15) is 11.8 Å². The maximum atomic E-state index is 13.6. The van der Waals surface area contributed by atoms with Crippen molar-refractivity contribution in [1.29, 1.82) is 0 Å². The number of methoxy groups -OCH3 is 1. The molecule has 5 N–H and O–H groups in total. The highest BCUT2D eigenvalue weighted by Gasteiger charge is 2.32. The van der Waals surface area contributed by atoms with Gasteiger partial charge in [-0.2, -0.15) is 26.3 Å². The van der Waals surface area contributed by atoms with Gasteiger partial charge in [-0.05, 0) is 55.7 Å². The number of carbonyl (C=O) groups excluding carboxylic acids is 3. The number of halogens is 6. The molecule has 0 bridgehead atoms. The molecule has 266 valence electrons. The van der Waals surface area contributed by atoms with Crippen molar-refractivity contribution in [2.24, 2.45) is 5.73 Å². The number of nitrogens with two attached hydrogens (primary N) is 1. The Labute approximate surface area is 282 Å². The minimum absolute atomic E-state index is 0.00702. The standard InChI is InChI=1S/C32H35F6N5O5S/c1-43(2)15-14-41-23-7-4-6-20-21(17-31(33,34)35)26(49-28(20)23)8-5-13-40-22-10-9-19(16-25(22)48-18-32(36,37)38)29(45)42-24(30(46)47-3)11-12-27(39)44/h4,6-7,9-10,16,24,40-41H,11-15,17-18H2,1-3H3,(H2,39,44)(H,42,45). The molecule has 0 saturated heterocycles. The minimum atomic E-state index is -4.73. The van der Waals surface area contributed by atoms with Gasteiger partial charge in [-0.1, -0.05) is 24.0 Å². The number of anilines is 2. The van der Waals surface area contributed by atoms with E-state index in [1.807, 2.05) is 19.0 Å². The molecule has 0 radical (unpaired) electrons. The topological polar surface area (TPSA) is 135 Å². The Morgan fingerprint density at radius 2 is 1.76 bits per heavy atom. The van der Waals surface area contributed by atoms with Gasteiger partial charge in [-0.3, -0.25) is 9.59 Å². The van der Waals surface area contributed by atoms with Crippen molar-refractivity contribution < 1.29 is 50.2 Å². The Balaban J connectivity index is 1.87. The van der Waals surface area contributed by atoms with E-state index in [0.29, 0.717) is 28.9 Å². The summed E-state index contributed by atoms with van der Waals surface area (Å²) in [4.78, 5) is 38.3. The third kappa shape index (κ3) is 12.4. The second kappa shape index (κ2) is 17.1. The van der Waals surface area contributed by atoms with Gasteiger partial charge in [0.05, 0.1) is 41.0 Å². The van der Waals surface area contributed by atoms with Crippen LogP contribution in [0, 0.1) is 11.8 Å². The van der Waals surface area contributed by atoms with E-state index in [4.69, 9.17) is 10.5 Å². The number of alkyl halides is 6. The number of nitrogens with zero attached hydrogens (tertiary/aromatic N) is 1. The van der Waals surface area contributed by atoms with E-state index in [9.17, 15) is 40.7 Å². The van der Waals surface area contributed by atoms with Crippen molar-refractivity contribution in [1.82, 2.24) is 10.2 Å². The second-order valence-corrected chi connectivity index (χ2v) is 12.0. The highest BCUT2D eigenvalue weighted by Crippen LogP contribution is 2.39. The highest BCUT2D eigenvalue weighted by molar-refractivity contribution is 7.20. The summed E-state index contributed by atoms with van der Waals surface area (Å²) in [5.74, 6) is 2.64. The molecule has 0 aliphatic rings. The van der Waals surface area contributed by atoms with Crippen LogP contribution in [0.5, 0.6) is 5.75 Å². The van der Waals surface area contributed by atoms with Gasteiger partial charge < -0.3 is 36.1 Å². The van der Waals surface area contributed by atoms with Gasteiger partial charge in [-0.25, -0.2) is 4.79 Å². The quantitative estimate of drug-likeness (QED) is 0.0991. The normalized spacial score (nSPS) is 12.2. The summed E-state index contributed by atoms with van der Waals surface area (Å²) in [6.45, 7) is -0.654. The summed E-state index contributed by atoms with van der Waals surface area (Å²) in [7, 11) is 4.86. The Hall–Kier alpha value is -4.69. The third-order valence-corrected chi connectivity index (χ3v) is 7.94. The van der Waals surface area contributed by atoms with E-state index in [0.717, 1.165) is 24.5 Å². The maximum Gasteiger partial charge on any atom is 0.422 e. The van der Waals surface area contributed by atoms with E-state index in [1.165, 1.54) is 12.1 Å². The molecule has 0 aliphatic carbocycles. The molecule has 2 aromatic carbocycles. The number of primary amides is 1. The number of rotatable bonds is 15. The van der Waals surface area contributed by atoms with Gasteiger partial charge in [0, 0.05) is 25.1 Å². The molecular formula is C32H35F6N5O5S. The predicted octanol–water partition coefficient (Wildman–Crippen LogP) is 4.92. The number of thiophene rings is 1. The van der Waals surface area contributed by atoms with Crippen LogP contribution in [-0.2, 0) is 20.7 Å². The van der Waals surface area contributed by atoms with Gasteiger partial charge in [0.2, 0.25) is 5.91 Å². The number of amides is 2. The molecule has 0 aliphatic heterocycles. The molecule has 0 spiro atoms. The minimum Gasteiger partial charge on any atom is -0.482 e. The number of hydrogen-bond donors (Lipinski definition) is 4. The van der Waals surface area contributed by atoms with Crippen molar-refractivity contribution in [3.63, 3.8) is 0 Å². The lowest BCUT2D eigenvalue weighted by atomic mass is 10.1. The SMILES string of the molecule is COC(=O)C(CCC(N)=O)NC(=O)c1ccc(NCC#Cc2sc3c(NCCN(C)C)cccc3c2CC(F)(F)F)c(OCC(F)(F)F)c1. The number of fused-ring (bicyclic) bond motifs is 1. The van der Waals surface area contributed by atoms with E-state index >= 15 is 0 Å². The second-order valence-electron chi connectivity index (χ2n) is 10.9. The summed E-state index contributed by atoms with van der Waals surface area (Å²) in [5, 5.41) is 8.79. The average molecular weight is 716 g/mol. The zero-order chi connectivity index (χ0) is 36.4. The van der Waals surface area contributed by atoms with Crippen molar-refractivity contribution in [2.45, 2.75) is 37.7 Å². The fourth-order valence-electron chi connectivity index (χ4n) is 4.47. The van der Waals surface area contributed by atoms with Crippen molar-refractivity contribution >= 4 is 50.6 Å². The van der Waals surface area contributed by atoms with Crippen LogP contribution < -0.4 is 26.4 Å². The molecular weight excluding hydrogens is 680 g/mol. The highest BCUT2D eigenvalue weighted by atomic mass is 32.1. The predicted molar refractivity (Wildman–Crippen MR) is 174 cm³/mol. The van der Waals surface area contributed by atoms with Gasteiger partial charge in [-0.15, -0.1) is 11.3 Å². The molecule has 10 nitrogen and oxygen atoms in total. The van der Waals surface area contributed by atoms with Crippen LogP contribution in [0.15, 0.2) is 36.4 Å². The molecule has 49 heavy (non-hydrogen) atoms. The summed E-state index contributed by atoms with van der Waals surface area (Å²) in [5.41, 5.74) is 5.62. The first-order valence-electron chi connectivity index (χ1n) is 14.7. The lowest BCUT2D eigenvalue weighted by Gasteiger charge is -2.18. The van der Waals surface area contributed by atoms with E-state index in [2.05, 4.69) is 32.5 Å². The first-order chi connectivity index (χ1) is 23.0. The lowest BCUT2D eigenvalue weighted by Crippen LogP contribution is -2.42. The zero-order valence-corrected chi connectivity index (χ0v) is 27.5. The van der Waals surface area contributed by atoms with E-state index in [-0.39, 0.29) is 46.8 Å². The third-order valence-electron chi connectivity index (χ3n) is 6.74. The maximum absolute atomic E-state index is 13.6. The first kappa shape index (κ1) is 38.8. The van der Waals surface area contributed by atoms with Crippen molar-refractivity contribution in [3.8, 4) is 17.6 Å². The molecule has 0 saturated carbocycles. The molecule has 2 amide bonds. The lowest BCUT2D eigenvalue weighted by molar-refractivity contribution is -0.153. The van der Waals surface area contributed by atoms with Crippen LogP contribution in [0.4, 0.5) is 37.7 Å². The van der Waals surface area contributed by atoms with Crippen LogP contribution in [0.25, 0.3) is 10.1 Å². The molecule has 3 rings (SSSR count). The Morgan fingerprint density at radius 3 is 2.39 bits per heavy atom. The van der Waals surface area contributed by atoms with Crippen molar-refractivity contribution in [2.75, 3.05) is 58.1 Å². The van der Waals surface area contributed by atoms with E-state index in [1.54, 1.807) is 18.2 Å². The molecule has 3 aromatic rings. The summed E-state index contributed by atoms with van der Waals surface area (Å²) >= 11 is 1.10. The smallest absolute Gasteiger partial charge is 0.422 e. The molecule has 1 atom stereocenters. The van der Waals surface area contributed by atoms with Crippen LogP contribution in [-0.4, -0.2) is 88.5 Å². The van der Waals surface area contributed by atoms with Gasteiger partial charge >= 0.3 is 18.3 Å². The summed E-state index contributed by atoms with van der Waals surface area (Å²) in [6.07, 6.45) is -10.9. The van der Waals surface area contributed by atoms with Crippen LogP contribution in [0.2, 0.25) is 0 Å². The molecule has 17 heteroatoms. The Bertz CT molecular complexity index is 1700. The first-order valence-corrected chi connectivity index (χ1v) is 15.5. The summed E-state index contributed by atoms with van der Waals surface area (Å²) < 4.78 is 90.0. The molecule has 0 fully saturated rings. The monoisotopic (exact) mass is 715 g/mol. The Kier molecular flexibility index (Phi) is 13.5. The number of carbonyl (C=O) groups is 3. The molecule has 1 unspecified atom stereocenters. The summed E-state index contributed by atoms with van der Waals surface area (Å²) in [6, 6.07) is 7.27. The fourth-order valence-corrected chi connectivity index (χ4v) is 5.66. The van der Waals surface area contributed by atoms with Crippen LogP contribution >= 0.6 is 11.3 Å². The number of ether oxygens (including phenoxy) is 2. The van der Waals surface area contributed by atoms with Gasteiger partial charge in [0.15, 0.2) is 6.61 Å². The van der Waals surface area contributed by atoms with Crippen molar-refractivity contribution in [3.05, 3.63) is 52.4 Å². The molecule has 1 aromatic heterocycles. The van der Waals surface area contributed by atoms with E-state index < -0.39 is 49.2 Å². The average Bonchev–Trinajstić information content (AvgIpc) is 3.35. The number of benzene rings is 2. The molecule has 1 heterocycles. The number of likely N-dealkylation sites (N-methyl/N-ethyl adjacent to an activating group) is 1. The Morgan fingerprint density at radius 1 is 1.02 bits per heavy atom. The van der Waals surface area contributed by atoms with Gasteiger partial charge in [0.25, 0.3) is 5.91 Å². The van der Waals surface area contributed by atoms with Crippen LogP contribution in [0.3, 0.4) is 0 Å².